The highest BCUT2D eigenvalue weighted by atomic mass is 32.2. The third kappa shape index (κ3) is 7.02. The van der Waals surface area contributed by atoms with Crippen LogP contribution in [0, 0.1) is 6.92 Å². The molecule has 0 saturated carbocycles. The van der Waals surface area contributed by atoms with Crippen molar-refractivity contribution < 1.29 is 31.0 Å². The lowest BCUT2D eigenvalue weighted by Gasteiger charge is -2.19. The Morgan fingerprint density at radius 3 is 2.05 bits per heavy atom. The summed E-state index contributed by atoms with van der Waals surface area (Å²) >= 11 is 0. The van der Waals surface area contributed by atoms with Gasteiger partial charge in [0, 0.05) is 25.1 Å². The predicted molar refractivity (Wildman–Crippen MR) is 150 cm³/mol. The molecular formula is C26H27N5O7S2. The lowest BCUT2D eigenvalue weighted by atomic mass is 10.2. The van der Waals surface area contributed by atoms with E-state index in [0.717, 1.165) is 5.56 Å². The van der Waals surface area contributed by atoms with Crippen molar-refractivity contribution in [1.29, 1.82) is 0 Å². The first kappa shape index (κ1) is 28.7. The maximum absolute atomic E-state index is 13.4. The summed E-state index contributed by atoms with van der Waals surface area (Å²) in [5.41, 5.74) is 1.32. The Bertz CT molecular complexity index is 1680. The van der Waals surface area contributed by atoms with E-state index in [9.17, 15) is 16.8 Å². The second-order valence-electron chi connectivity index (χ2n) is 8.39. The minimum absolute atomic E-state index is 0.0147. The molecule has 4 aromatic rings. The van der Waals surface area contributed by atoms with Crippen molar-refractivity contribution in [2.75, 3.05) is 36.0 Å². The molecule has 2 heterocycles. The minimum atomic E-state index is -4.20. The number of aromatic nitrogens is 3. The van der Waals surface area contributed by atoms with Crippen LogP contribution in [0.3, 0.4) is 0 Å². The van der Waals surface area contributed by atoms with E-state index in [-0.39, 0.29) is 40.5 Å². The first-order valence-corrected chi connectivity index (χ1v) is 15.0. The van der Waals surface area contributed by atoms with E-state index in [2.05, 4.69) is 24.4 Å². The van der Waals surface area contributed by atoms with Crippen LogP contribution in [-0.4, -0.2) is 58.4 Å². The highest BCUT2D eigenvalue weighted by Crippen LogP contribution is 2.40. The lowest BCUT2D eigenvalue weighted by molar-refractivity contribution is 0.217. The van der Waals surface area contributed by atoms with Gasteiger partial charge in [0.25, 0.3) is 10.0 Å². The van der Waals surface area contributed by atoms with E-state index >= 15 is 0 Å². The highest BCUT2D eigenvalue weighted by Gasteiger charge is 2.26. The molecule has 0 atom stereocenters. The minimum Gasteiger partial charge on any atom is -0.493 e. The second-order valence-corrected chi connectivity index (χ2v) is 11.9. The first-order valence-electron chi connectivity index (χ1n) is 11.8. The van der Waals surface area contributed by atoms with E-state index in [1.807, 2.05) is 6.92 Å². The smallest absolute Gasteiger partial charge is 0.263 e. The maximum Gasteiger partial charge on any atom is 0.263 e. The van der Waals surface area contributed by atoms with Crippen molar-refractivity contribution in [3.8, 4) is 28.6 Å². The van der Waals surface area contributed by atoms with Crippen LogP contribution in [0.2, 0.25) is 0 Å². The molecule has 40 heavy (non-hydrogen) atoms. The number of pyridine rings is 1. The summed E-state index contributed by atoms with van der Waals surface area (Å²) in [5, 5.41) is 0. The van der Waals surface area contributed by atoms with Crippen LogP contribution in [0.4, 0.5) is 11.6 Å². The lowest BCUT2D eigenvalue weighted by Crippen LogP contribution is -2.22. The van der Waals surface area contributed by atoms with Gasteiger partial charge in [-0.15, -0.1) is 0 Å². The van der Waals surface area contributed by atoms with Crippen molar-refractivity contribution in [3.05, 3.63) is 78.6 Å². The Kier molecular flexibility index (Phi) is 8.82. The van der Waals surface area contributed by atoms with Gasteiger partial charge < -0.3 is 14.2 Å². The number of sulfonamides is 2. The number of hydrogen-bond acceptors (Lipinski definition) is 10. The van der Waals surface area contributed by atoms with Gasteiger partial charge in [0.05, 0.1) is 24.4 Å². The number of aryl methyl sites for hydroxylation is 1. The van der Waals surface area contributed by atoms with Crippen molar-refractivity contribution in [2.45, 2.75) is 11.8 Å². The normalized spacial score (nSPS) is 11.6. The summed E-state index contributed by atoms with van der Waals surface area (Å²) in [6.45, 7) is 1.74. The van der Waals surface area contributed by atoms with Gasteiger partial charge in [0.2, 0.25) is 15.8 Å². The molecule has 14 heteroatoms. The summed E-state index contributed by atoms with van der Waals surface area (Å²) in [4.78, 5) is 12.8. The van der Waals surface area contributed by atoms with Crippen LogP contribution in [0.1, 0.15) is 5.56 Å². The summed E-state index contributed by atoms with van der Waals surface area (Å²) in [7, 11) is -5.40. The van der Waals surface area contributed by atoms with Gasteiger partial charge in [0.1, 0.15) is 0 Å². The largest absolute Gasteiger partial charge is 0.493 e. The van der Waals surface area contributed by atoms with Crippen LogP contribution >= 0.6 is 0 Å². The molecule has 4 rings (SSSR count). The molecule has 0 fully saturated rings. The molecule has 210 valence electrons. The molecule has 12 nitrogen and oxygen atoms in total. The number of methoxy groups -OCH3 is 2. The number of benzene rings is 2. The summed E-state index contributed by atoms with van der Waals surface area (Å²) < 4.78 is 73.8. The monoisotopic (exact) mass is 585 g/mol. The van der Waals surface area contributed by atoms with E-state index < -0.39 is 25.8 Å². The number of hydrogen-bond donors (Lipinski definition) is 2. The zero-order valence-corrected chi connectivity index (χ0v) is 23.5. The van der Waals surface area contributed by atoms with Crippen molar-refractivity contribution in [3.63, 3.8) is 0 Å². The van der Waals surface area contributed by atoms with E-state index in [0.29, 0.717) is 11.3 Å². The fourth-order valence-corrected chi connectivity index (χ4v) is 5.35. The SMILES string of the molecule is COCCS(=O)(=O)Nc1nc(-c2ccncc2)nc(NS(=O)(=O)c2ccc(C)cc2)c1Oc1ccccc1OC. The van der Waals surface area contributed by atoms with Crippen LogP contribution < -0.4 is 18.9 Å². The molecule has 0 bridgehead atoms. The van der Waals surface area contributed by atoms with Gasteiger partial charge in [-0.2, -0.15) is 0 Å². The van der Waals surface area contributed by atoms with Crippen LogP contribution in [-0.2, 0) is 24.8 Å². The quantitative estimate of drug-likeness (QED) is 0.250. The molecule has 2 N–H and O–H groups in total. The Balaban J connectivity index is 1.93. The number of para-hydroxylation sites is 2. The number of rotatable bonds is 12. The number of nitrogens with zero attached hydrogens (tertiary/aromatic N) is 3. The predicted octanol–water partition coefficient (Wildman–Crippen LogP) is 3.84. The number of anilines is 2. The van der Waals surface area contributed by atoms with Crippen molar-refractivity contribution in [1.82, 2.24) is 15.0 Å². The Labute approximate surface area is 232 Å². The van der Waals surface area contributed by atoms with Crippen molar-refractivity contribution in [2.24, 2.45) is 0 Å². The van der Waals surface area contributed by atoms with Gasteiger partial charge >= 0.3 is 0 Å². The average molecular weight is 586 g/mol. The molecule has 2 aromatic carbocycles. The van der Waals surface area contributed by atoms with Crippen LogP contribution in [0.5, 0.6) is 17.2 Å². The van der Waals surface area contributed by atoms with Crippen molar-refractivity contribution >= 4 is 31.7 Å². The average Bonchev–Trinajstić information content (AvgIpc) is 2.94. The molecule has 0 aliphatic carbocycles. The molecule has 0 unspecified atom stereocenters. The molecular weight excluding hydrogens is 558 g/mol. The van der Waals surface area contributed by atoms with Gasteiger partial charge in [-0.05, 0) is 43.3 Å². The standard InChI is InChI=1S/C26H27N5O7S2/c1-18-8-10-20(11-9-18)40(34,35)31-26-23(38-22-7-5-4-6-21(22)37-3)25(30-39(32,33)17-16-36-2)28-24(29-26)19-12-14-27-15-13-19/h4-15H,16-17H2,1-3H3,(H2,28,29,30,31). The third-order valence-electron chi connectivity index (χ3n) is 5.46. The van der Waals surface area contributed by atoms with E-state index in [4.69, 9.17) is 14.2 Å². The Morgan fingerprint density at radius 2 is 1.43 bits per heavy atom. The summed E-state index contributed by atoms with van der Waals surface area (Å²) in [5.74, 6) is -0.807. The zero-order chi connectivity index (χ0) is 28.8. The highest BCUT2D eigenvalue weighted by molar-refractivity contribution is 7.93. The zero-order valence-electron chi connectivity index (χ0n) is 21.9. The Hall–Kier alpha value is -4.27. The molecule has 0 spiro atoms. The number of ether oxygens (including phenoxy) is 3. The Morgan fingerprint density at radius 1 is 0.800 bits per heavy atom. The fourth-order valence-electron chi connectivity index (χ4n) is 3.42. The molecule has 0 aliphatic rings. The summed E-state index contributed by atoms with van der Waals surface area (Å²) in [6.07, 6.45) is 2.99. The summed E-state index contributed by atoms with van der Waals surface area (Å²) in [6, 6.07) is 15.9. The van der Waals surface area contributed by atoms with Gasteiger partial charge in [-0.1, -0.05) is 29.8 Å². The first-order chi connectivity index (χ1) is 19.1. The van der Waals surface area contributed by atoms with Crippen LogP contribution in [0.25, 0.3) is 11.4 Å². The van der Waals surface area contributed by atoms with E-state index in [1.165, 1.54) is 38.7 Å². The van der Waals surface area contributed by atoms with Gasteiger partial charge in [-0.3, -0.25) is 14.4 Å². The fraction of sp³-hybridized carbons (Fsp3) is 0.192. The second kappa shape index (κ2) is 12.3. The van der Waals surface area contributed by atoms with Crippen LogP contribution in [0.15, 0.2) is 78.0 Å². The molecule has 0 radical (unpaired) electrons. The van der Waals surface area contributed by atoms with Gasteiger partial charge in [0.15, 0.2) is 29.0 Å². The number of nitrogens with one attached hydrogen (secondary N) is 2. The van der Waals surface area contributed by atoms with Gasteiger partial charge in [-0.25, -0.2) is 26.8 Å². The van der Waals surface area contributed by atoms with E-state index in [1.54, 1.807) is 48.5 Å². The molecule has 0 amide bonds. The molecule has 2 aromatic heterocycles. The molecule has 0 saturated heterocycles. The molecule has 0 aliphatic heterocycles. The maximum atomic E-state index is 13.4. The topological polar surface area (TPSA) is 159 Å². The third-order valence-corrected chi connectivity index (χ3v) is 8.02.